The van der Waals surface area contributed by atoms with Crippen LogP contribution in [0.3, 0.4) is 0 Å². The van der Waals surface area contributed by atoms with Crippen LogP contribution >= 0.6 is 0 Å². The number of hydrogen-bond acceptors (Lipinski definition) is 10. The lowest BCUT2D eigenvalue weighted by Gasteiger charge is -2.38. The van der Waals surface area contributed by atoms with E-state index in [1.807, 2.05) is 18.9 Å². The Bertz CT molecular complexity index is 1620. The highest BCUT2D eigenvalue weighted by molar-refractivity contribution is 5.87. The molecule has 3 fully saturated rings. The second kappa shape index (κ2) is 13.1. The average molecular weight is 634 g/mol. The molecule has 0 N–H and O–H groups in total. The first-order valence-electron chi connectivity index (χ1n) is 15.7. The number of carbonyl (C=O) groups is 1. The van der Waals surface area contributed by atoms with Gasteiger partial charge in [0.15, 0.2) is 0 Å². The van der Waals surface area contributed by atoms with Gasteiger partial charge in [-0.15, -0.1) is 0 Å². The van der Waals surface area contributed by atoms with E-state index >= 15 is 0 Å². The van der Waals surface area contributed by atoms with Crippen molar-refractivity contribution in [2.24, 2.45) is 0 Å². The van der Waals surface area contributed by atoms with Crippen LogP contribution in [0, 0.1) is 17.1 Å². The van der Waals surface area contributed by atoms with Crippen molar-refractivity contribution >= 4 is 5.91 Å². The maximum absolute atomic E-state index is 14.9. The zero-order valence-electron chi connectivity index (χ0n) is 25.9. The summed E-state index contributed by atoms with van der Waals surface area (Å²) in [6.45, 7) is 6.16. The van der Waals surface area contributed by atoms with Crippen LogP contribution in [0.4, 0.5) is 8.78 Å². The molecule has 2 saturated heterocycles. The summed E-state index contributed by atoms with van der Waals surface area (Å²) in [5.41, 5.74) is -0.228. The molecule has 0 unspecified atom stereocenters. The predicted octanol–water partition coefficient (Wildman–Crippen LogP) is 4.78. The average Bonchev–Trinajstić information content (AvgIpc) is 3.64. The fourth-order valence-corrected chi connectivity index (χ4v) is 6.89. The molecule has 1 aromatic carbocycles. The molecule has 46 heavy (non-hydrogen) atoms. The van der Waals surface area contributed by atoms with Crippen molar-refractivity contribution in [3.8, 4) is 29.5 Å². The monoisotopic (exact) mass is 633 g/mol. The van der Waals surface area contributed by atoms with Crippen LogP contribution in [0.15, 0.2) is 47.5 Å². The second-order valence-corrected chi connectivity index (χ2v) is 12.4. The Morgan fingerprint density at radius 3 is 2.70 bits per heavy atom. The first-order valence-corrected chi connectivity index (χ1v) is 15.7. The topological polar surface area (TPSA) is 130 Å². The lowest BCUT2D eigenvalue weighted by molar-refractivity contribution is -0.130. The highest BCUT2D eigenvalue weighted by Crippen LogP contribution is 2.49. The molecule has 3 aliphatic rings. The molecule has 4 heterocycles. The highest BCUT2D eigenvalue weighted by Gasteiger charge is 2.47. The van der Waals surface area contributed by atoms with Crippen molar-refractivity contribution < 1.29 is 27.6 Å². The van der Waals surface area contributed by atoms with E-state index < -0.39 is 17.7 Å². The van der Waals surface area contributed by atoms with Crippen LogP contribution in [-0.2, 0) is 10.2 Å². The maximum Gasteiger partial charge on any atom is 0.246 e. The van der Waals surface area contributed by atoms with Crippen LogP contribution < -0.4 is 9.47 Å². The van der Waals surface area contributed by atoms with Crippen LogP contribution in [0.25, 0.3) is 11.6 Å². The maximum atomic E-state index is 14.9. The normalized spacial score (nSPS) is 24.9. The van der Waals surface area contributed by atoms with Crippen molar-refractivity contribution in [1.29, 1.82) is 5.26 Å². The summed E-state index contributed by atoms with van der Waals surface area (Å²) in [5, 5.41) is 13.6. The van der Waals surface area contributed by atoms with Gasteiger partial charge in [0.25, 0.3) is 0 Å². The summed E-state index contributed by atoms with van der Waals surface area (Å²) in [5.74, 6) is 0.289. The second-order valence-electron chi connectivity index (χ2n) is 12.4. The fraction of sp³-hybridized carbons (Fsp3) is 0.515. The molecule has 3 aromatic rings. The van der Waals surface area contributed by atoms with E-state index in [0.29, 0.717) is 50.8 Å². The number of nitrogens with zero attached hydrogens (tertiary/aromatic N) is 7. The minimum Gasteiger partial charge on any atom is -0.474 e. The molecule has 2 aromatic heterocycles. The van der Waals surface area contributed by atoms with Gasteiger partial charge in [-0.1, -0.05) is 36.4 Å². The molecule has 1 aliphatic carbocycles. The molecule has 6 rings (SSSR count). The van der Waals surface area contributed by atoms with E-state index in [9.17, 15) is 18.8 Å². The van der Waals surface area contributed by atoms with Gasteiger partial charge in [0.05, 0.1) is 24.0 Å². The molecule has 1 amide bonds. The quantitative estimate of drug-likeness (QED) is 0.288. The molecule has 5 atom stereocenters. The molecule has 2 aliphatic heterocycles. The molecule has 13 heteroatoms. The molecule has 0 radical (unpaired) electrons. The number of aromatic nitrogens is 4. The van der Waals surface area contributed by atoms with Crippen molar-refractivity contribution in [1.82, 2.24) is 29.9 Å². The summed E-state index contributed by atoms with van der Waals surface area (Å²) in [7, 11) is 1.86. The minimum atomic E-state index is -0.938. The third-order valence-corrected chi connectivity index (χ3v) is 9.45. The van der Waals surface area contributed by atoms with Gasteiger partial charge < -0.3 is 18.9 Å². The van der Waals surface area contributed by atoms with E-state index in [-0.39, 0.29) is 65.6 Å². The van der Waals surface area contributed by atoms with Crippen LogP contribution in [0.5, 0.6) is 11.8 Å². The Balaban J connectivity index is 1.30. The smallest absolute Gasteiger partial charge is 0.246 e. The van der Waals surface area contributed by atoms with Crippen molar-refractivity contribution in [2.75, 3.05) is 20.1 Å². The Kier molecular flexibility index (Phi) is 8.99. The predicted molar refractivity (Wildman–Crippen MR) is 162 cm³/mol. The number of rotatable bonds is 10. The molecule has 11 nitrogen and oxygen atoms in total. The minimum absolute atomic E-state index is 0.0914. The van der Waals surface area contributed by atoms with Gasteiger partial charge in [-0.3, -0.25) is 9.69 Å². The number of nitriles is 1. The number of piperidine rings is 1. The van der Waals surface area contributed by atoms with Gasteiger partial charge >= 0.3 is 0 Å². The number of benzene rings is 1. The summed E-state index contributed by atoms with van der Waals surface area (Å²) >= 11 is 0. The zero-order chi connectivity index (χ0) is 32.4. The van der Waals surface area contributed by atoms with E-state index in [1.54, 1.807) is 29.2 Å². The molecule has 242 valence electrons. The Morgan fingerprint density at radius 2 is 2.02 bits per heavy atom. The SMILES string of the molecule is C=CC(=O)N1CC[C@H](Oc2cc(O[C@@H](C)[C@@H]3C[C@@H](F)CN3C)nc(-c3noc(C4(c5ccccc5F)CCC4)n3)n2)C[C@H]1CC#N. The fourth-order valence-electron chi connectivity index (χ4n) is 6.89. The van der Waals surface area contributed by atoms with E-state index in [2.05, 4.69) is 32.8 Å². The van der Waals surface area contributed by atoms with Crippen molar-refractivity contribution in [2.45, 2.75) is 87.7 Å². The third-order valence-electron chi connectivity index (χ3n) is 9.45. The number of likely N-dealkylation sites (tertiary alicyclic amines) is 2. The summed E-state index contributed by atoms with van der Waals surface area (Å²) in [4.78, 5) is 29.8. The number of hydrogen-bond donors (Lipinski definition) is 0. The lowest BCUT2D eigenvalue weighted by Crippen LogP contribution is -2.48. The molecular weight excluding hydrogens is 596 g/mol. The number of halogens is 2. The van der Waals surface area contributed by atoms with E-state index in [0.717, 1.165) is 6.42 Å². The summed E-state index contributed by atoms with van der Waals surface area (Å²) in [6, 6.07) is 9.82. The number of carbonyl (C=O) groups excluding carboxylic acids is 1. The van der Waals surface area contributed by atoms with Crippen molar-refractivity contribution in [3.63, 3.8) is 0 Å². The van der Waals surface area contributed by atoms with Crippen LogP contribution in [-0.4, -0.2) is 86.4 Å². The van der Waals surface area contributed by atoms with E-state index in [1.165, 1.54) is 12.1 Å². The molecule has 0 spiro atoms. The molecule has 1 saturated carbocycles. The van der Waals surface area contributed by atoms with Crippen LogP contribution in [0.2, 0.25) is 0 Å². The highest BCUT2D eigenvalue weighted by atomic mass is 19.1. The standard InChI is InChI=1S/C33H37F2N7O4/c1-4-29(43)42-15-11-23(17-22(42)10-14-36)45-28-18-27(44-20(2)26-16-21(34)19-41(26)3)37-30(38-28)31-39-32(46-40-31)33(12-7-13-33)24-8-5-6-9-25(24)35/h4-6,8-9,18,20-23,26H,1,7,10-13,15-17,19H2,2-3H3/t20-,21+,22+,23-,26-/m0/s1. The third kappa shape index (κ3) is 6.18. The Morgan fingerprint density at radius 1 is 1.24 bits per heavy atom. The van der Waals surface area contributed by atoms with Gasteiger partial charge in [-0.25, -0.2) is 8.78 Å². The number of likely N-dealkylation sites (N-methyl/N-ethyl adjacent to an activating group) is 1. The zero-order valence-corrected chi connectivity index (χ0v) is 25.9. The first-order chi connectivity index (χ1) is 22.2. The Hall–Kier alpha value is -4.44. The largest absolute Gasteiger partial charge is 0.474 e. The van der Waals surface area contributed by atoms with Gasteiger partial charge in [0, 0.05) is 43.6 Å². The number of alkyl halides is 1. The lowest BCUT2D eigenvalue weighted by atomic mass is 9.64. The van der Waals surface area contributed by atoms with Crippen LogP contribution in [0.1, 0.15) is 63.3 Å². The summed E-state index contributed by atoms with van der Waals surface area (Å²) < 4.78 is 47.3. The van der Waals surface area contributed by atoms with E-state index in [4.69, 9.17) is 14.0 Å². The van der Waals surface area contributed by atoms with Gasteiger partial charge in [-0.2, -0.15) is 20.2 Å². The first kappa shape index (κ1) is 31.5. The Labute approximate surface area is 266 Å². The molecular formula is C33H37F2N7O4. The van der Waals surface area contributed by atoms with Crippen molar-refractivity contribution in [3.05, 3.63) is 60.3 Å². The number of amides is 1. The summed E-state index contributed by atoms with van der Waals surface area (Å²) in [6.07, 6.45) is 3.18. The van der Waals surface area contributed by atoms with Gasteiger partial charge in [-0.05, 0) is 45.4 Å². The van der Waals surface area contributed by atoms with Gasteiger partial charge in [0.2, 0.25) is 35.2 Å². The van der Waals surface area contributed by atoms with Gasteiger partial charge in [0.1, 0.15) is 24.2 Å². The number of ether oxygens (including phenoxy) is 2. The molecule has 0 bridgehead atoms.